The molecule has 1 N–H and O–H groups in total. The molecule has 164 valence electrons. The fourth-order valence-corrected chi connectivity index (χ4v) is 5.65. The number of halogens is 3. The number of hydrogen-bond acceptors (Lipinski definition) is 6. The molecule has 0 aliphatic carbocycles. The Bertz CT molecular complexity index is 1000. The van der Waals surface area contributed by atoms with Crippen molar-refractivity contribution in [3.63, 3.8) is 0 Å². The van der Waals surface area contributed by atoms with Gasteiger partial charge in [0.1, 0.15) is 17.1 Å². The van der Waals surface area contributed by atoms with Gasteiger partial charge in [-0.25, -0.2) is 0 Å². The lowest BCUT2D eigenvalue weighted by Crippen LogP contribution is -2.61. The second-order valence-electron chi connectivity index (χ2n) is 9.23. The molecule has 3 fully saturated rings. The van der Waals surface area contributed by atoms with Crippen LogP contribution in [0.1, 0.15) is 18.4 Å². The van der Waals surface area contributed by atoms with E-state index in [-0.39, 0.29) is 6.54 Å². The van der Waals surface area contributed by atoms with Crippen LogP contribution in [0.4, 0.5) is 18.9 Å². The van der Waals surface area contributed by atoms with Crippen LogP contribution in [0.25, 0.3) is 11.0 Å². The zero-order chi connectivity index (χ0) is 21.6. The molecule has 6 nitrogen and oxygen atoms in total. The largest absolute Gasteiger partial charge is 0.393 e. The van der Waals surface area contributed by atoms with Crippen LogP contribution in [-0.2, 0) is 0 Å². The van der Waals surface area contributed by atoms with E-state index < -0.39 is 18.0 Å². The molecule has 1 spiro atoms. The maximum Gasteiger partial charge on any atom is 0.393 e. The van der Waals surface area contributed by atoms with Crippen molar-refractivity contribution in [3.8, 4) is 6.07 Å². The SMILES string of the molecule is N#Cc1ccc(N2CC(C(F)(F)F)[C@@H](CN3CC4(CCNCC4)C3)C2)c2nccnc12. The molecule has 0 amide bonds. The van der Waals surface area contributed by atoms with Crippen molar-refractivity contribution in [2.45, 2.75) is 19.0 Å². The van der Waals surface area contributed by atoms with Gasteiger partial charge in [0, 0.05) is 51.0 Å². The number of nitriles is 1. The van der Waals surface area contributed by atoms with Crippen molar-refractivity contribution in [2.24, 2.45) is 17.3 Å². The lowest BCUT2D eigenvalue weighted by Gasteiger charge is -2.53. The van der Waals surface area contributed by atoms with E-state index in [0.29, 0.717) is 40.8 Å². The summed E-state index contributed by atoms with van der Waals surface area (Å²) in [5.41, 5.74) is 2.22. The van der Waals surface area contributed by atoms with Crippen LogP contribution < -0.4 is 10.2 Å². The lowest BCUT2D eigenvalue weighted by molar-refractivity contribution is -0.182. The number of hydrogen-bond donors (Lipinski definition) is 1. The molecule has 0 radical (unpaired) electrons. The van der Waals surface area contributed by atoms with Crippen molar-refractivity contribution in [1.29, 1.82) is 5.26 Å². The first kappa shape index (κ1) is 20.5. The van der Waals surface area contributed by atoms with E-state index in [1.807, 2.05) is 0 Å². The van der Waals surface area contributed by atoms with Gasteiger partial charge >= 0.3 is 6.18 Å². The molecule has 1 aromatic carbocycles. The molecule has 0 saturated carbocycles. The van der Waals surface area contributed by atoms with Crippen LogP contribution in [0.15, 0.2) is 24.5 Å². The predicted molar refractivity (Wildman–Crippen MR) is 110 cm³/mol. The number of piperidine rings is 1. The van der Waals surface area contributed by atoms with Crippen LogP contribution in [-0.4, -0.2) is 66.9 Å². The van der Waals surface area contributed by atoms with E-state index in [2.05, 4.69) is 26.3 Å². The summed E-state index contributed by atoms with van der Waals surface area (Å²) in [4.78, 5) is 12.6. The molecule has 3 saturated heterocycles. The highest BCUT2D eigenvalue weighted by Gasteiger charge is 2.52. The standard InChI is InChI=1S/C22H25F3N6/c23-22(24,25)17-12-31(18-2-1-15(9-26)19-20(18)29-8-7-28-19)11-16(17)10-30-13-21(14-30)3-5-27-6-4-21/h1-2,7-8,16-17,27H,3-6,10-14H2/t16-,17?/m0/s1. The first-order valence-corrected chi connectivity index (χ1v) is 10.8. The Morgan fingerprint density at radius 2 is 1.81 bits per heavy atom. The molecule has 2 aromatic rings. The van der Waals surface area contributed by atoms with Crippen LogP contribution >= 0.6 is 0 Å². The van der Waals surface area contributed by atoms with E-state index in [1.165, 1.54) is 12.4 Å². The smallest absolute Gasteiger partial charge is 0.369 e. The molecular formula is C22H25F3N6. The normalized spacial score (nSPS) is 26.2. The van der Waals surface area contributed by atoms with E-state index in [4.69, 9.17) is 0 Å². The number of nitrogens with zero attached hydrogens (tertiary/aromatic N) is 5. The summed E-state index contributed by atoms with van der Waals surface area (Å²) in [7, 11) is 0. The fourth-order valence-electron chi connectivity index (χ4n) is 5.65. The van der Waals surface area contributed by atoms with Gasteiger partial charge in [0.2, 0.25) is 0 Å². The Kier molecular flexibility index (Phi) is 5.02. The monoisotopic (exact) mass is 430 g/mol. The van der Waals surface area contributed by atoms with Crippen LogP contribution in [0.3, 0.4) is 0 Å². The van der Waals surface area contributed by atoms with E-state index in [9.17, 15) is 18.4 Å². The zero-order valence-electron chi connectivity index (χ0n) is 17.2. The summed E-state index contributed by atoms with van der Waals surface area (Å²) in [6, 6.07) is 5.42. The van der Waals surface area contributed by atoms with Gasteiger partial charge in [-0.15, -0.1) is 0 Å². The topological polar surface area (TPSA) is 68.1 Å². The molecular weight excluding hydrogens is 405 g/mol. The van der Waals surface area contributed by atoms with Gasteiger partial charge in [-0.2, -0.15) is 18.4 Å². The van der Waals surface area contributed by atoms with Gasteiger partial charge in [0.25, 0.3) is 0 Å². The third-order valence-corrected chi connectivity index (χ3v) is 7.20. The number of aromatic nitrogens is 2. The van der Waals surface area contributed by atoms with Crippen LogP contribution in [0.2, 0.25) is 0 Å². The second-order valence-corrected chi connectivity index (χ2v) is 9.23. The molecule has 0 bridgehead atoms. The van der Waals surface area contributed by atoms with Crippen molar-refractivity contribution >= 4 is 16.7 Å². The highest BCUT2D eigenvalue weighted by atomic mass is 19.4. The summed E-state index contributed by atoms with van der Waals surface area (Å²) in [5, 5.41) is 12.7. The Labute approximate surface area is 179 Å². The van der Waals surface area contributed by atoms with Crippen molar-refractivity contribution in [2.75, 3.05) is 50.7 Å². The summed E-state index contributed by atoms with van der Waals surface area (Å²) in [5.74, 6) is -1.86. The Morgan fingerprint density at radius 3 is 2.48 bits per heavy atom. The number of alkyl halides is 3. The summed E-state index contributed by atoms with van der Waals surface area (Å²) < 4.78 is 41.8. The number of anilines is 1. The number of nitrogens with one attached hydrogen (secondary N) is 1. The minimum absolute atomic E-state index is 0.0886. The summed E-state index contributed by atoms with van der Waals surface area (Å²) in [6.45, 7) is 4.52. The molecule has 3 aliphatic rings. The molecule has 5 rings (SSSR count). The van der Waals surface area contributed by atoms with Crippen molar-refractivity contribution in [3.05, 3.63) is 30.1 Å². The Morgan fingerprint density at radius 1 is 1.10 bits per heavy atom. The van der Waals surface area contributed by atoms with Gasteiger partial charge in [-0.3, -0.25) is 9.97 Å². The summed E-state index contributed by atoms with van der Waals surface area (Å²) >= 11 is 0. The molecule has 1 aromatic heterocycles. The quantitative estimate of drug-likeness (QED) is 0.808. The number of rotatable bonds is 3. The first-order valence-electron chi connectivity index (χ1n) is 10.8. The fraction of sp³-hybridized carbons (Fsp3) is 0.591. The highest BCUT2D eigenvalue weighted by Crippen LogP contribution is 2.44. The summed E-state index contributed by atoms with van der Waals surface area (Å²) in [6.07, 6.45) is 0.988. The minimum Gasteiger partial charge on any atom is -0.369 e. The number of benzene rings is 1. The van der Waals surface area contributed by atoms with Gasteiger partial charge in [0.05, 0.1) is 17.2 Å². The Balaban J connectivity index is 1.37. The van der Waals surface area contributed by atoms with Gasteiger partial charge in [-0.05, 0) is 43.5 Å². The average molecular weight is 430 g/mol. The maximum atomic E-state index is 13.9. The molecule has 3 aliphatic heterocycles. The molecule has 9 heteroatoms. The maximum absolute atomic E-state index is 13.9. The third kappa shape index (κ3) is 3.72. The average Bonchev–Trinajstić information content (AvgIpc) is 3.17. The van der Waals surface area contributed by atoms with Gasteiger partial charge in [-0.1, -0.05) is 0 Å². The lowest BCUT2D eigenvalue weighted by atomic mass is 9.72. The molecule has 31 heavy (non-hydrogen) atoms. The first-order chi connectivity index (χ1) is 14.9. The number of likely N-dealkylation sites (tertiary alicyclic amines) is 1. The van der Waals surface area contributed by atoms with Gasteiger partial charge < -0.3 is 15.1 Å². The van der Waals surface area contributed by atoms with Crippen molar-refractivity contribution < 1.29 is 13.2 Å². The number of fused-ring (bicyclic) bond motifs is 1. The predicted octanol–water partition coefficient (Wildman–Crippen LogP) is 2.80. The van der Waals surface area contributed by atoms with E-state index in [0.717, 1.165) is 39.0 Å². The van der Waals surface area contributed by atoms with Crippen molar-refractivity contribution in [1.82, 2.24) is 20.2 Å². The third-order valence-electron chi connectivity index (χ3n) is 7.20. The highest BCUT2D eigenvalue weighted by molar-refractivity contribution is 5.92. The van der Waals surface area contributed by atoms with E-state index in [1.54, 1.807) is 17.0 Å². The van der Waals surface area contributed by atoms with E-state index >= 15 is 0 Å². The van der Waals surface area contributed by atoms with Gasteiger partial charge in [0.15, 0.2) is 0 Å². The molecule has 4 heterocycles. The minimum atomic E-state index is -4.25. The van der Waals surface area contributed by atoms with Crippen LogP contribution in [0.5, 0.6) is 0 Å². The van der Waals surface area contributed by atoms with Crippen LogP contribution in [0, 0.1) is 28.6 Å². The Hall–Kier alpha value is -2.44. The zero-order valence-corrected chi connectivity index (χ0v) is 17.2. The second kappa shape index (κ2) is 7.61. The molecule has 1 unspecified atom stereocenters. The molecule has 2 atom stereocenters.